The lowest BCUT2D eigenvalue weighted by Crippen LogP contribution is -2.18. The lowest BCUT2D eigenvalue weighted by molar-refractivity contribution is -0.113. The Kier molecular flexibility index (Phi) is 6.99. The molecule has 2 heterocycles. The van der Waals surface area contributed by atoms with Crippen LogP contribution < -0.4 is 15.0 Å². The third kappa shape index (κ3) is 4.75. The number of anilines is 2. The number of aryl methyl sites for hydroxylation is 1. The molecule has 1 amide bonds. The minimum absolute atomic E-state index is 0.0588. The van der Waals surface area contributed by atoms with Crippen molar-refractivity contribution in [3.63, 3.8) is 0 Å². The zero-order valence-corrected chi connectivity index (χ0v) is 19.6. The molecule has 1 N–H and O–H groups in total. The first kappa shape index (κ1) is 22.2. The van der Waals surface area contributed by atoms with Crippen LogP contribution in [0.3, 0.4) is 0 Å². The SMILES string of the molecule is CCn1c(SCC(=O)Nc2ccc(N3CCCC3)cc2C)nnc1-c1ccccc1OC. The largest absolute Gasteiger partial charge is 0.496 e. The molecule has 1 fully saturated rings. The summed E-state index contributed by atoms with van der Waals surface area (Å²) in [6.45, 7) is 6.99. The van der Waals surface area contributed by atoms with Gasteiger partial charge < -0.3 is 19.5 Å². The maximum atomic E-state index is 12.6. The van der Waals surface area contributed by atoms with Gasteiger partial charge in [0, 0.05) is 31.0 Å². The number of hydrogen-bond acceptors (Lipinski definition) is 6. The fraction of sp³-hybridized carbons (Fsp3) is 0.375. The Morgan fingerprint density at radius 2 is 1.94 bits per heavy atom. The number of thioether (sulfide) groups is 1. The number of ether oxygens (including phenoxy) is 1. The second kappa shape index (κ2) is 10.1. The molecule has 8 heteroatoms. The van der Waals surface area contributed by atoms with Gasteiger partial charge in [0.15, 0.2) is 11.0 Å². The molecule has 7 nitrogen and oxygen atoms in total. The van der Waals surface area contributed by atoms with Crippen molar-refractivity contribution in [1.82, 2.24) is 14.8 Å². The monoisotopic (exact) mass is 451 g/mol. The normalized spacial score (nSPS) is 13.4. The summed E-state index contributed by atoms with van der Waals surface area (Å²) in [5, 5.41) is 12.4. The van der Waals surface area contributed by atoms with Crippen molar-refractivity contribution in [3.05, 3.63) is 48.0 Å². The Hall–Kier alpha value is -3.00. The van der Waals surface area contributed by atoms with E-state index < -0.39 is 0 Å². The Bertz CT molecular complexity index is 1090. The van der Waals surface area contributed by atoms with Crippen LogP contribution in [-0.4, -0.2) is 46.6 Å². The highest BCUT2D eigenvalue weighted by atomic mass is 32.2. The fourth-order valence-electron chi connectivity index (χ4n) is 3.99. The van der Waals surface area contributed by atoms with E-state index in [2.05, 4.69) is 32.5 Å². The first-order valence-electron chi connectivity index (χ1n) is 11.0. The number of benzene rings is 2. The Balaban J connectivity index is 1.42. The second-order valence-electron chi connectivity index (χ2n) is 7.78. The Morgan fingerprint density at radius 1 is 1.16 bits per heavy atom. The summed E-state index contributed by atoms with van der Waals surface area (Å²) in [4.78, 5) is 15.0. The topological polar surface area (TPSA) is 72.3 Å². The van der Waals surface area contributed by atoms with E-state index in [4.69, 9.17) is 4.74 Å². The molecule has 0 bridgehead atoms. The van der Waals surface area contributed by atoms with E-state index in [9.17, 15) is 4.79 Å². The minimum atomic E-state index is -0.0588. The highest BCUT2D eigenvalue weighted by Crippen LogP contribution is 2.31. The molecule has 168 valence electrons. The van der Waals surface area contributed by atoms with Crippen molar-refractivity contribution in [3.8, 4) is 17.1 Å². The summed E-state index contributed by atoms with van der Waals surface area (Å²) in [5.41, 5.74) is 4.04. The molecule has 0 spiro atoms. The summed E-state index contributed by atoms with van der Waals surface area (Å²) in [5.74, 6) is 1.69. The molecule has 1 saturated heterocycles. The summed E-state index contributed by atoms with van der Waals surface area (Å²) >= 11 is 1.39. The molecule has 4 rings (SSSR count). The zero-order chi connectivity index (χ0) is 22.5. The average molecular weight is 452 g/mol. The van der Waals surface area contributed by atoms with E-state index in [1.807, 2.05) is 48.7 Å². The first-order chi connectivity index (χ1) is 15.6. The lowest BCUT2D eigenvalue weighted by atomic mass is 10.1. The Labute approximate surface area is 193 Å². The van der Waals surface area contributed by atoms with Crippen LogP contribution in [-0.2, 0) is 11.3 Å². The standard InChI is InChI=1S/C24H29N5O2S/c1-4-29-23(19-9-5-6-10-21(19)31-3)26-27-24(29)32-16-22(30)25-20-12-11-18(15-17(20)2)28-13-7-8-14-28/h5-6,9-12,15H,4,7-8,13-14,16H2,1-3H3,(H,25,30). The van der Waals surface area contributed by atoms with Crippen LogP contribution in [0.15, 0.2) is 47.6 Å². The number of methoxy groups -OCH3 is 1. The quantitative estimate of drug-likeness (QED) is 0.504. The summed E-state index contributed by atoms with van der Waals surface area (Å²) < 4.78 is 7.48. The highest BCUT2D eigenvalue weighted by molar-refractivity contribution is 7.99. The third-order valence-corrected chi connectivity index (χ3v) is 6.64. The summed E-state index contributed by atoms with van der Waals surface area (Å²) in [7, 11) is 1.64. The molecule has 0 saturated carbocycles. The summed E-state index contributed by atoms with van der Waals surface area (Å²) in [6, 6.07) is 14.0. The van der Waals surface area contributed by atoms with Crippen LogP contribution in [0.5, 0.6) is 5.75 Å². The van der Waals surface area contributed by atoms with Gasteiger partial charge in [-0.3, -0.25) is 4.79 Å². The number of aromatic nitrogens is 3. The number of nitrogens with zero attached hydrogens (tertiary/aromatic N) is 4. The number of hydrogen-bond donors (Lipinski definition) is 1. The molecule has 1 aliphatic heterocycles. The number of carbonyl (C=O) groups is 1. The van der Waals surface area contributed by atoms with Crippen molar-refractivity contribution >= 4 is 29.0 Å². The maximum Gasteiger partial charge on any atom is 0.234 e. The van der Waals surface area contributed by atoms with E-state index in [1.54, 1.807) is 7.11 Å². The number of para-hydroxylation sites is 1. The highest BCUT2D eigenvalue weighted by Gasteiger charge is 2.18. The van der Waals surface area contributed by atoms with Crippen molar-refractivity contribution in [2.45, 2.75) is 38.4 Å². The summed E-state index contributed by atoms with van der Waals surface area (Å²) in [6.07, 6.45) is 2.49. The van der Waals surface area contributed by atoms with Crippen molar-refractivity contribution in [2.75, 3.05) is 36.2 Å². The van der Waals surface area contributed by atoms with Crippen LogP contribution in [0.2, 0.25) is 0 Å². The van der Waals surface area contributed by atoms with Gasteiger partial charge in [-0.2, -0.15) is 0 Å². The second-order valence-corrected chi connectivity index (χ2v) is 8.72. The van der Waals surface area contributed by atoms with Gasteiger partial charge >= 0.3 is 0 Å². The molecular formula is C24H29N5O2S. The molecule has 0 radical (unpaired) electrons. The van der Waals surface area contributed by atoms with Gasteiger partial charge in [0.25, 0.3) is 0 Å². The predicted octanol–water partition coefficient (Wildman–Crippen LogP) is 4.61. The van der Waals surface area contributed by atoms with E-state index in [0.29, 0.717) is 11.7 Å². The fourth-order valence-corrected chi connectivity index (χ4v) is 4.79. The molecule has 1 aliphatic rings. The van der Waals surface area contributed by atoms with Gasteiger partial charge in [-0.05, 0) is 62.6 Å². The van der Waals surface area contributed by atoms with E-state index in [0.717, 1.165) is 41.5 Å². The molecule has 3 aromatic rings. The van der Waals surface area contributed by atoms with Crippen molar-refractivity contribution in [2.24, 2.45) is 0 Å². The van der Waals surface area contributed by atoms with Gasteiger partial charge in [0.2, 0.25) is 5.91 Å². The molecule has 2 aromatic carbocycles. The molecule has 32 heavy (non-hydrogen) atoms. The van der Waals surface area contributed by atoms with E-state index in [1.165, 1.54) is 30.3 Å². The maximum absolute atomic E-state index is 12.6. The van der Waals surface area contributed by atoms with Crippen LogP contribution in [0.4, 0.5) is 11.4 Å². The van der Waals surface area contributed by atoms with Crippen molar-refractivity contribution < 1.29 is 9.53 Å². The molecule has 1 aromatic heterocycles. The number of rotatable bonds is 8. The third-order valence-electron chi connectivity index (χ3n) is 5.67. The van der Waals surface area contributed by atoms with Gasteiger partial charge in [-0.15, -0.1) is 10.2 Å². The smallest absolute Gasteiger partial charge is 0.234 e. The van der Waals surface area contributed by atoms with Crippen LogP contribution in [0, 0.1) is 6.92 Å². The number of nitrogens with one attached hydrogen (secondary N) is 1. The number of amides is 1. The first-order valence-corrected chi connectivity index (χ1v) is 11.9. The predicted molar refractivity (Wildman–Crippen MR) is 130 cm³/mol. The van der Waals surface area contributed by atoms with Crippen molar-refractivity contribution in [1.29, 1.82) is 0 Å². The van der Waals surface area contributed by atoms with Gasteiger partial charge in [0.1, 0.15) is 5.75 Å². The van der Waals surface area contributed by atoms with Gasteiger partial charge in [0.05, 0.1) is 18.4 Å². The van der Waals surface area contributed by atoms with E-state index in [-0.39, 0.29) is 11.7 Å². The molecule has 0 atom stereocenters. The zero-order valence-electron chi connectivity index (χ0n) is 18.8. The van der Waals surface area contributed by atoms with Crippen LogP contribution in [0.25, 0.3) is 11.4 Å². The molecule has 0 aliphatic carbocycles. The van der Waals surface area contributed by atoms with Gasteiger partial charge in [-0.1, -0.05) is 23.9 Å². The molecule has 0 unspecified atom stereocenters. The Morgan fingerprint density at radius 3 is 2.66 bits per heavy atom. The minimum Gasteiger partial charge on any atom is -0.496 e. The van der Waals surface area contributed by atoms with Crippen LogP contribution >= 0.6 is 11.8 Å². The van der Waals surface area contributed by atoms with E-state index >= 15 is 0 Å². The van der Waals surface area contributed by atoms with Crippen LogP contribution in [0.1, 0.15) is 25.3 Å². The lowest BCUT2D eigenvalue weighted by Gasteiger charge is -2.19. The average Bonchev–Trinajstić information content (AvgIpc) is 3.49. The molecular weight excluding hydrogens is 422 g/mol. The number of carbonyl (C=O) groups excluding carboxylic acids is 1. The van der Waals surface area contributed by atoms with Gasteiger partial charge in [-0.25, -0.2) is 0 Å².